The Kier molecular flexibility index (Phi) is 4.17. The van der Waals surface area contributed by atoms with Gasteiger partial charge >= 0.3 is 0 Å². The highest BCUT2D eigenvalue weighted by molar-refractivity contribution is 7.85. The predicted octanol–water partition coefficient (Wildman–Crippen LogP) is -0.756. The fourth-order valence-electron chi connectivity index (χ4n) is 0.724. The topological polar surface area (TPSA) is 126 Å². The number of aliphatic hydroxyl groups is 1. The first-order valence-corrected chi connectivity index (χ1v) is 5.56. The zero-order valence-corrected chi connectivity index (χ0v) is 8.74. The molecule has 8 nitrogen and oxygen atoms in total. The zero-order chi connectivity index (χ0) is 12.0. The summed E-state index contributed by atoms with van der Waals surface area (Å²) in [6, 6.07) is 0. The molecule has 0 spiro atoms. The second kappa shape index (κ2) is 5.39. The van der Waals surface area contributed by atoms with Gasteiger partial charge in [0.2, 0.25) is 0 Å². The number of fused-ring (bicyclic) bond motifs is 1. The van der Waals surface area contributed by atoms with Crippen molar-refractivity contribution in [1.82, 2.24) is 19.9 Å². The summed E-state index contributed by atoms with van der Waals surface area (Å²) in [6.45, 7) is 0. The molecular weight excluding hydrogens is 236 g/mol. The summed E-state index contributed by atoms with van der Waals surface area (Å²) in [5.41, 5.74) is 1.36. The first-order valence-electron chi connectivity index (χ1n) is 3.95. The van der Waals surface area contributed by atoms with Crippen LogP contribution in [0.4, 0.5) is 0 Å². The van der Waals surface area contributed by atoms with Crippen molar-refractivity contribution in [3.8, 4) is 0 Å². The lowest BCUT2D eigenvalue weighted by Crippen LogP contribution is -2.00. The van der Waals surface area contributed by atoms with E-state index < -0.39 is 16.1 Å². The highest BCUT2D eigenvalue weighted by atomic mass is 32.2. The van der Waals surface area contributed by atoms with E-state index in [0.717, 1.165) is 5.52 Å². The molecule has 16 heavy (non-hydrogen) atoms. The molecule has 2 aromatic rings. The van der Waals surface area contributed by atoms with Gasteiger partial charge in [-0.15, -0.1) is 0 Å². The minimum Gasteiger partial charge on any atom is -0.378 e. The van der Waals surface area contributed by atoms with Gasteiger partial charge in [0.05, 0.1) is 6.20 Å². The molecule has 0 aliphatic carbocycles. The number of rotatable bonds is 1. The van der Waals surface area contributed by atoms with Crippen LogP contribution in [0.5, 0.6) is 0 Å². The minimum absolute atomic E-state index is 0.637. The lowest BCUT2D eigenvalue weighted by molar-refractivity contribution is 0.336. The molecule has 0 unspecified atom stereocenters. The molecule has 86 valence electrons. The highest BCUT2D eigenvalue weighted by Gasteiger charge is 1.95. The number of nitrogens with zero attached hydrogens (tertiary/aromatic N) is 4. The van der Waals surface area contributed by atoms with Crippen LogP contribution in [-0.4, -0.2) is 44.0 Å². The lowest BCUT2D eigenvalue weighted by atomic mass is 10.5. The smallest absolute Gasteiger partial charge is 0.289 e. The standard InChI is InChI=1S/C6H4N4.CH4O4S/c1-2-9-6-5(8-1)3-7-4-10-6;2-1-6(3,4)5/h1-4H;2H,1H2,(H,3,4,5). The molecule has 0 radical (unpaired) electrons. The third-order valence-electron chi connectivity index (χ3n) is 1.31. The van der Waals surface area contributed by atoms with Gasteiger partial charge in [0.1, 0.15) is 11.8 Å². The molecule has 0 aliphatic heterocycles. The molecule has 0 amide bonds. The van der Waals surface area contributed by atoms with Gasteiger partial charge in [0.25, 0.3) is 10.1 Å². The van der Waals surface area contributed by atoms with Gasteiger partial charge in [-0.2, -0.15) is 8.42 Å². The van der Waals surface area contributed by atoms with Crippen LogP contribution >= 0.6 is 0 Å². The first kappa shape index (κ1) is 12.4. The van der Waals surface area contributed by atoms with E-state index in [9.17, 15) is 8.42 Å². The van der Waals surface area contributed by atoms with E-state index in [1.54, 1.807) is 18.6 Å². The molecule has 0 aromatic carbocycles. The van der Waals surface area contributed by atoms with Crippen molar-refractivity contribution in [1.29, 1.82) is 0 Å². The lowest BCUT2D eigenvalue weighted by Gasteiger charge is -1.89. The Morgan fingerprint density at radius 3 is 2.38 bits per heavy atom. The number of hydrogen-bond acceptors (Lipinski definition) is 7. The van der Waals surface area contributed by atoms with Crippen molar-refractivity contribution >= 4 is 21.3 Å². The van der Waals surface area contributed by atoms with Crippen LogP contribution in [0.25, 0.3) is 11.2 Å². The van der Waals surface area contributed by atoms with Crippen LogP contribution in [0.15, 0.2) is 24.9 Å². The van der Waals surface area contributed by atoms with E-state index in [4.69, 9.17) is 9.66 Å². The Morgan fingerprint density at radius 2 is 1.81 bits per heavy atom. The summed E-state index contributed by atoms with van der Waals surface area (Å²) < 4.78 is 26.2. The Morgan fingerprint density at radius 1 is 1.19 bits per heavy atom. The maximum atomic E-state index is 9.31. The average molecular weight is 244 g/mol. The summed E-state index contributed by atoms with van der Waals surface area (Å²) >= 11 is 0. The van der Waals surface area contributed by atoms with Crippen molar-refractivity contribution in [3.63, 3.8) is 0 Å². The van der Waals surface area contributed by atoms with Crippen molar-refractivity contribution in [2.75, 3.05) is 5.94 Å². The number of aliphatic hydroxyl groups excluding tert-OH is 1. The quantitative estimate of drug-likeness (QED) is 0.627. The summed E-state index contributed by atoms with van der Waals surface area (Å²) in [5, 5.41) is 7.56. The van der Waals surface area contributed by atoms with E-state index in [0.29, 0.717) is 5.65 Å². The van der Waals surface area contributed by atoms with Crippen LogP contribution in [-0.2, 0) is 10.1 Å². The van der Waals surface area contributed by atoms with Gasteiger partial charge in [0.15, 0.2) is 11.6 Å². The van der Waals surface area contributed by atoms with Crippen LogP contribution in [0, 0.1) is 0 Å². The van der Waals surface area contributed by atoms with Crippen LogP contribution in [0.1, 0.15) is 0 Å². The third kappa shape index (κ3) is 4.21. The van der Waals surface area contributed by atoms with Crippen LogP contribution in [0.2, 0.25) is 0 Å². The number of hydrogen-bond donors (Lipinski definition) is 2. The number of aromatic nitrogens is 4. The van der Waals surface area contributed by atoms with Gasteiger partial charge in [-0.25, -0.2) is 19.9 Å². The van der Waals surface area contributed by atoms with E-state index in [1.165, 1.54) is 6.33 Å². The van der Waals surface area contributed by atoms with Gasteiger partial charge < -0.3 is 5.11 Å². The van der Waals surface area contributed by atoms with E-state index in [2.05, 4.69) is 19.9 Å². The normalized spacial score (nSPS) is 10.6. The molecular formula is C7H8N4O4S. The van der Waals surface area contributed by atoms with E-state index >= 15 is 0 Å². The summed E-state index contributed by atoms with van der Waals surface area (Å²) in [5.74, 6) is -1.20. The average Bonchev–Trinajstić information content (AvgIpc) is 2.29. The molecule has 2 rings (SSSR count). The molecule has 2 N–H and O–H groups in total. The second-order valence-corrected chi connectivity index (χ2v) is 3.92. The molecule has 0 saturated heterocycles. The Balaban J connectivity index is 0.000000187. The van der Waals surface area contributed by atoms with E-state index in [-0.39, 0.29) is 0 Å². The fraction of sp³-hybridized carbons (Fsp3) is 0.143. The van der Waals surface area contributed by atoms with E-state index in [1.807, 2.05) is 0 Å². The highest BCUT2D eigenvalue weighted by Crippen LogP contribution is 1.98. The maximum absolute atomic E-state index is 9.31. The van der Waals surface area contributed by atoms with Gasteiger partial charge in [0, 0.05) is 12.4 Å². The van der Waals surface area contributed by atoms with Gasteiger partial charge in [-0.05, 0) is 0 Å². The molecule has 9 heteroatoms. The molecule has 0 fully saturated rings. The fourth-order valence-corrected chi connectivity index (χ4v) is 0.724. The zero-order valence-electron chi connectivity index (χ0n) is 7.92. The Bertz CT molecular complexity index is 494. The van der Waals surface area contributed by atoms with Crippen molar-refractivity contribution < 1.29 is 18.1 Å². The molecule has 2 aromatic heterocycles. The molecule has 0 atom stereocenters. The molecule has 0 bridgehead atoms. The first-order chi connectivity index (χ1) is 7.53. The Hall–Kier alpha value is -1.71. The van der Waals surface area contributed by atoms with Crippen molar-refractivity contribution in [2.45, 2.75) is 0 Å². The van der Waals surface area contributed by atoms with Gasteiger partial charge in [-0.3, -0.25) is 4.55 Å². The molecule has 0 aliphatic rings. The summed E-state index contributed by atoms with van der Waals surface area (Å²) in [7, 11) is -4.11. The second-order valence-electron chi connectivity index (χ2n) is 2.50. The van der Waals surface area contributed by atoms with Crippen molar-refractivity contribution in [2.24, 2.45) is 0 Å². The SMILES string of the molecule is O=S(=O)(O)CO.c1cnc2ncncc2n1. The molecule has 0 saturated carbocycles. The van der Waals surface area contributed by atoms with Crippen LogP contribution in [0.3, 0.4) is 0 Å². The van der Waals surface area contributed by atoms with Crippen LogP contribution < -0.4 is 0 Å². The predicted molar refractivity (Wildman–Crippen MR) is 53.8 cm³/mol. The Labute approximate surface area is 90.8 Å². The largest absolute Gasteiger partial charge is 0.378 e. The minimum atomic E-state index is -4.11. The monoisotopic (exact) mass is 244 g/mol. The summed E-state index contributed by atoms with van der Waals surface area (Å²) in [6.07, 6.45) is 6.31. The van der Waals surface area contributed by atoms with Crippen molar-refractivity contribution in [3.05, 3.63) is 24.9 Å². The maximum Gasteiger partial charge on any atom is 0.289 e. The molecule has 2 heterocycles. The third-order valence-corrected chi connectivity index (χ3v) is 1.64. The summed E-state index contributed by atoms with van der Waals surface area (Å²) in [4.78, 5) is 15.7. The van der Waals surface area contributed by atoms with Gasteiger partial charge in [-0.1, -0.05) is 0 Å².